The number of carbonyl (C=O) groups is 3. The second kappa shape index (κ2) is 7.06. The second-order valence-electron chi connectivity index (χ2n) is 5.36. The van der Waals surface area contributed by atoms with Gasteiger partial charge in [-0.25, -0.2) is 4.79 Å². The normalized spacial score (nSPS) is 17.9. The molecule has 1 aliphatic heterocycles. The van der Waals surface area contributed by atoms with E-state index >= 15 is 0 Å². The van der Waals surface area contributed by atoms with E-state index < -0.39 is 17.9 Å². The predicted molar refractivity (Wildman–Crippen MR) is 93.1 cm³/mol. The fourth-order valence-electron chi connectivity index (χ4n) is 2.24. The molecule has 23 heavy (non-hydrogen) atoms. The summed E-state index contributed by atoms with van der Waals surface area (Å²) in [6.07, 6.45) is 2.39. The van der Waals surface area contributed by atoms with Crippen molar-refractivity contribution in [2.45, 2.75) is 19.9 Å². The number of aldehydes is 1. The van der Waals surface area contributed by atoms with Gasteiger partial charge < -0.3 is 5.11 Å². The molecule has 7 heteroatoms. The number of hydrogen-bond donors (Lipinski definition) is 1. The van der Waals surface area contributed by atoms with Crippen LogP contribution in [0.2, 0.25) is 0 Å². The van der Waals surface area contributed by atoms with Crippen LogP contribution in [-0.4, -0.2) is 38.5 Å². The van der Waals surface area contributed by atoms with E-state index in [1.54, 1.807) is 44.2 Å². The van der Waals surface area contributed by atoms with Gasteiger partial charge in [-0.05, 0) is 17.6 Å². The van der Waals surface area contributed by atoms with Gasteiger partial charge in [-0.15, -0.1) is 0 Å². The molecule has 1 aromatic rings. The van der Waals surface area contributed by atoms with E-state index in [1.165, 1.54) is 4.90 Å². The highest BCUT2D eigenvalue weighted by Gasteiger charge is 2.41. The Labute approximate surface area is 143 Å². The fourth-order valence-corrected chi connectivity index (χ4v) is 3.56. The van der Waals surface area contributed by atoms with Crippen molar-refractivity contribution >= 4 is 52.5 Å². The predicted octanol–water partition coefficient (Wildman–Crippen LogP) is 2.81. The lowest BCUT2D eigenvalue weighted by atomic mass is 10.0. The van der Waals surface area contributed by atoms with Crippen molar-refractivity contribution in [1.29, 1.82) is 0 Å². The summed E-state index contributed by atoms with van der Waals surface area (Å²) in [5.41, 5.74) is 1.29. The number of amides is 1. The van der Waals surface area contributed by atoms with Crippen molar-refractivity contribution in [2.24, 2.45) is 5.92 Å². The lowest BCUT2D eigenvalue weighted by molar-refractivity contribution is -0.146. The monoisotopic (exact) mass is 349 g/mol. The standard InChI is InChI=1S/C16H15NO4S2/c1-9(2)13(15(20)21)17-14(19)12(23-16(17)22)7-10-3-5-11(8-18)6-4-10/h3-9,13H,1-2H3,(H,20,21)/b12-7-. The minimum absolute atomic E-state index is 0.242. The van der Waals surface area contributed by atoms with Crippen LogP contribution in [0.3, 0.4) is 0 Å². The maximum atomic E-state index is 12.5. The third kappa shape index (κ3) is 3.68. The summed E-state index contributed by atoms with van der Waals surface area (Å²) in [5.74, 6) is -1.74. The maximum absolute atomic E-state index is 12.5. The SMILES string of the molecule is CC(C)C(C(=O)O)N1C(=O)/C(=C/c2ccc(C=O)cc2)SC1=S. The number of carboxylic acids is 1. The highest BCUT2D eigenvalue weighted by Crippen LogP contribution is 2.35. The Balaban J connectivity index is 2.31. The fraction of sp³-hybridized carbons (Fsp3) is 0.250. The van der Waals surface area contributed by atoms with Crippen molar-refractivity contribution in [3.63, 3.8) is 0 Å². The third-order valence-corrected chi connectivity index (χ3v) is 4.69. The van der Waals surface area contributed by atoms with E-state index in [4.69, 9.17) is 12.2 Å². The number of aliphatic carboxylic acids is 1. The molecule has 1 heterocycles. The molecule has 0 spiro atoms. The summed E-state index contributed by atoms with van der Waals surface area (Å²) < 4.78 is 0.242. The first-order valence-corrected chi connectivity index (χ1v) is 8.12. The molecule has 1 fully saturated rings. The van der Waals surface area contributed by atoms with Gasteiger partial charge in [0.05, 0.1) is 4.91 Å². The van der Waals surface area contributed by atoms with E-state index in [1.807, 2.05) is 0 Å². The first kappa shape index (κ1) is 17.4. The molecule has 0 aliphatic carbocycles. The summed E-state index contributed by atoms with van der Waals surface area (Å²) in [7, 11) is 0. The molecule has 0 aromatic heterocycles. The molecule has 120 valence electrons. The van der Waals surface area contributed by atoms with Crippen LogP contribution in [-0.2, 0) is 9.59 Å². The van der Waals surface area contributed by atoms with Gasteiger partial charge in [0.1, 0.15) is 16.6 Å². The zero-order valence-electron chi connectivity index (χ0n) is 12.6. The Bertz CT molecular complexity index is 695. The molecule has 1 saturated heterocycles. The lowest BCUT2D eigenvalue weighted by Crippen LogP contribution is -2.47. The van der Waals surface area contributed by atoms with Gasteiger partial charge in [0, 0.05) is 5.56 Å². The highest BCUT2D eigenvalue weighted by atomic mass is 32.2. The van der Waals surface area contributed by atoms with Gasteiger partial charge in [-0.3, -0.25) is 14.5 Å². The van der Waals surface area contributed by atoms with Crippen LogP contribution in [0.15, 0.2) is 29.2 Å². The molecule has 1 N–H and O–H groups in total. The third-order valence-electron chi connectivity index (χ3n) is 3.36. The van der Waals surface area contributed by atoms with E-state index in [0.29, 0.717) is 10.5 Å². The Morgan fingerprint density at radius 3 is 2.30 bits per heavy atom. The summed E-state index contributed by atoms with van der Waals surface area (Å²) in [6.45, 7) is 3.47. The maximum Gasteiger partial charge on any atom is 0.327 e. The summed E-state index contributed by atoms with van der Waals surface area (Å²) in [6, 6.07) is 5.74. The number of benzene rings is 1. The van der Waals surface area contributed by atoms with Gasteiger partial charge in [0.15, 0.2) is 0 Å². The number of hydrogen-bond acceptors (Lipinski definition) is 5. The molecule has 0 saturated carbocycles. The zero-order chi connectivity index (χ0) is 17.1. The number of rotatable bonds is 5. The number of thiocarbonyl (C=S) groups is 1. The highest BCUT2D eigenvalue weighted by molar-refractivity contribution is 8.26. The Hall–Kier alpha value is -1.99. The minimum atomic E-state index is -1.08. The van der Waals surface area contributed by atoms with E-state index in [-0.39, 0.29) is 10.2 Å². The molecule has 1 aliphatic rings. The molecule has 1 unspecified atom stereocenters. The minimum Gasteiger partial charge on any atom is -0.480 e. The zero-order valence-corrected chi connectivity index (χ0v) is 14.2. The van der Waals surface area contributed by atoms with Crippen LogP contribution in [0.1, 0.15) is 29.8 Å². The molecule has 0 radical (unpaired) electrons. The lowest BCUT2D eigenvalue weighted by Gasteiger charge is -2.26. The topological polar surface area (TPSA) is 74.7 Å². The van der Waals surface area contributed by atoms with Gasteiger partial charge in [-0.1, -0.05) is 62.1 Å². The number of nitrogens with zero attached hydrogens (tertiary/aromatic N) is 1. The van der Waals surface area contributed by atoms with Crippen LogP contribution in [0.5, 0.6) is 0 Å². The van der Waals surface area contributed by atoms with Crippen molar-refractivity contribution < 1.29 is 19.5 Å². The molecule has 1 atom stereocenters. The van der Waals surface area contributed by atoms with Crippen LogP contribution in [0, 0.1) is 5.92 Å². The first-order valence-electron chi connectivity index (χ1n) is 6.90. The Morgan fingerprint density at radius 1 is 1.26 bits per heavy atom. The average molecular weight is 349 g/mol. The van der Waals surface area contributed by atoms with Crippen molar-refractivity contribution in [3.05, 3.63) is 40.3 Å². The Morgan fingerprint density at radius 2 is 1.83 bits per heavy atom. The molecule has 0 bridgehead atoms. The van der Waals surface area contributed by atoms with Crippen LogP contribution in [0.25, 0.3) is 6.08 Å². The van der Waals surface area contributed by atoms with Crippen molar-refractivity contribution in [2.75, 3.05) is 0 Å². The summed E-state index contributed by atoms with van der Waals surface area (Å²) in [5, 5.41) is 9.36. The Kier molecular flexibility index (Phi) is 5.33. The summed E-state index contributed by atoms with van der Waals surface area (Å²) in [4.78, 5) is 36.2. The van der Waals surface area contributed by atoms with Gasteiger partial charge in [0.2, 0.25) is 0 Å². The second-order valence-corrected chi connectivity index (χ2v) is 7.04. The molecular formula is C16H15NO4S2. The molecule has 2 rings (SSSR count). The van der Waals surface area contributed by atoms with E-state index in [9.17, 15) is 19.5 Å². The number of carbonyl (C=O) groups excluding carboxylic acids is 2. The van der Waals surface area contributed by atoms with Crippen LogP contribution in [0.4, 0.5) is 0 Å². The van der Waals surface area contributed by atoms with E-state index in [0.717, 1.165) is 23.6 Å². The quantitative estimate of drug-likeness (QED) is 0.500. The largest absolute Gasteiger partial charge is 0.480 e. The average Bonchev–Trinajstić information content (AvgIpc) is 2.75. The number of carboxylic acid groups (broad SMARTS) is 1. The molecule has 1 aromatic carbocycles. The van der Waals surface area contributed by atoms with Crippen molar-refractivity contribution in [3.8, 4) is 0 Å². The van der Waals surface area contributed by atoms with Gasteiger partial charge in [0.25, 0.3) is 5.91 Å². The van der Waals surface area contributed by atoms with Gasteiger partial charge in [-0.2, -0.15) is 0 Å². The smallest absolute Gasteiger partial charge is 0.327 e. The van der Waals surface area contributed by atoms with Crippen LogP contribution >= 0.6 is 24.0 Å². The summed E-state index contributed by atoms with van der Waals surface area (Å²) >= 11 is 6.27. The molecule has 1 amide bonds. The van der Waals surface area contributed by atoms with Gasteiger partial charge >= 0.3 is 5.97 Å². The van der Waals surface area contributed by atoms with Crippen LogP contribution < -0.4 is 0 Å². The van der Waals surface area contributed by atoms with Crippen molar-refractivity contribution in [1.82, 2.24) is 4.90 Å². The van der Waals surface area contributed by atoms with E-state index in [2.05, 4.69) is 0 Å². The molecule has 5 nitrogen and oxygen atoms in total. The first-order chi connectivity index (χ1) is 10.8. The molecular weight excluding hydrogens is 334 g/mol. The number of thioether (sulfide) groups is 1.